The number of rotatable bonds is 7. The Hall–Kier alpha value is -0.740. The van der Waals surface area contributed by atoms with E-state index in [1.54, 1.807) is 0 Å². The number of nitrogens with one attached hydrogen (secondary N) is 1. The maximum Gasteiger partial charge on any atom is 0.220 e. The van der Waals surface area contributed by atoms with Crippen molar-refractivity contribution in [2.45, 2.75) is 110 Å². The number of aliphatic hydroxyl groups is 3. The topological polar surface area (TPSA) is 147 Å². The SMILES string of the molecule is C[C@H](CCC(=O)N[C@@H](C)CS(=O)(=O)[O-])[C@H]1CC[C@H]2[C@@H]3[C@H](O)C[C@@H]4C[C@H](O)CC[C@]4(C)[C@H]3C[C@H](O)[C@]12C. The fraction of sp³-hybridized carbons (Fsp3) is 0.963. The Balaban J connectivity index is 1.44. The molecule has 0 spiro atoms. The molecule has 4 rings (SSSR count). The molecule has 0 heterocycles. The van der Waals surface area contributed by atoms with E-state index < -0.39 is 34.1 Å². The molecule has 0 bridgehead atoms. The molecule has 4 aliphatic carbocycles. The predicted octanol–water partition coefficient (Wildman–Crippen LogP) is 2.41. The van der Waals surface area contributed by atoms with Crippen LogP contribution in [0.15, 0.2) is 0 Å². The lowest BCUT2D eigenvalue weighted by molar-refractivity contribution is -0.207. The van der Waals surface area contributed by atoms with Gasteiger partial charge in [-0.25, -0.2) is 8.42 Å². The highest BCUT2D eigenvalue weighted by Crippen LogP contribution is 2.68. The zero-order valence-electron chi connectivity index (χ0n) is 22.2. The summed E-state index contributed by atoms with van der Waals surface area (Å²) in [5.41, 5.74) is -0.277. The summed E-state index contributed by atoms with van der Waals surface area (Å²) in [7, 11) is -4.40. The van der Waals surface area contributed by atoms with Gasteiger partial charge < -0.3 is 25.2 Å². The Morgan fingerprint density at radius 1 is 1.06 bits per heavy atom. The fourth-order valence-electron chi connectivity index (χ4n) is 9.39. The average Bonchev–Trinajstić information content (AvgIpc) is 3.11. The molecular weight excluding hydrogens is 482 g/mol. The van der Waals surface area contributed by atoms with Crippen LogP contribution in [0, 0.1) is 46.3 Å². The summed E-state index contributed by atoms with van der Waals surface area (Å²) in [6.07, 6.45) is 5.54. The minimum absolute atomic E-state index is 0.0431. The van der Waals surface area contributed by atoms with Crippen molar-refractivity contribution in [3.8, 4) is 0 Å². The van der Waals surface area contributed by atoms with E-state index in [-0.39, 0.29) is 58.9 Å². The van der Waals surface area contributed by atoms with Crippen LogP contribution < -0.4 is 5.32 Å². The molecule has 0 unspecified atom stereocenters. The minimum atomic E-state index is -4.40. The molecule has 0 aromatic heterocycles. The zero-order chi connectivity index (χ0) is 26.6. The van der Waals surface area contributed by atoms with Crippen molar-refractivity contribution in [2.24, 2.45) is 46.3 Å². The largest absolute Gasteiger partial charge is 0.748 e. The van der Waals surface area contributed by atoms with Gasteiger partial charge in [0.2, 0.25) is 5.91 Å². The van der Waals surface area contributed by atoms with E-state index in [4.69, 9.17) is 0 Å². The second kappa shape index (κ2) is 10.1. The van der Waals surface area contributed by atoms with Gasteiger partial charge in [-0.3, -0.25) is 4.79 Å². The summed E-state index contributed by atoms with van der Waals surface area (Å²) >= 11 is 0. The highest BCUT2D eigenvalue weighted by molar-refractivity contribution is 7.85. The molecule has 8 nitrogen and oxygen atoms in total. The first kappa shape index (κ1) is 28.3. The molecule has 4 N–H and O–H groups in total. The van der Waals surface area contributed by atoms with Crippen LogP contribution in [0.1, 0.15) is 85.5 Å². The fourth-order valence-corrected chi connectivity index (χ4v) is 10.1. The number of carbonyl (C=O) groups is 1. The quantitative estimate of drug-likeness (QED) is 0.371. The molecule has 0 aliphatic heterocycles. The number of fused-ring (bicyclic) bond motifs is 5. The van der Waals surface area contributed by atoms with E-state index in [0.717, 1.165) is 38.5 Å². The summed E-state index contributed by atoms with van der Waals surface area (Å²) < 4.78 is 32.8. The lowest BCUT2D eigenvalue weighted by atomic mass is 9.43. The van der Waals surface area contributed by atoms with Crippen molar-refractivity contribution in [3.63, 3.8) is 0 Å². The van der Waals surface area contributed by atoms with Gasteiger partial charge in [-0.05, 0) is 105 Å². The third-order valence-corrected chi connectivity index (χ3v) is 12.1. The number of carbonyl (C=O) groups excluding carboxylic acids is 1. The van der Waals surface area contributed by atoms with Crippen LogP contribution in [-0.2, 0) is 14.9 Å². The molecule has 0 saturated heterocycles. The molecule has 12 atom stereocenters. The van der Waals surface area contributed by atoms with Gasteiger partial charge in [-0.15, -0.1) is 0 Å². The van der Waals surface area contributed by atoms with Gasteiger partial charge in [0.1, 0.15) is 0 Å². The second-order valence-corrected chi connectivity index (χ2v) is 14.7. The molecular formula is C27H46NO7S-. The summed E-state index contributed by atoms with van der Waals surface area (Å²) in [5.74, 6) is 0.476. The van der Waals surface area contributed by atoms with Crippen LogP contribution >= 0.6 is 0 Å². The Morgan fingerprint density at radius 2 is 1.75 bits per heavy atom. The van der Waals surface area contributed by atoms with Gasteiger partial charge in [0.05, 0.1) is 34.2 Å². The van der Waals surface area contributed by atoms with Gasteiger partial charge in [0.15, 0.2) is 0 Å². The van der Waals surface area contributed by atoms with Crippen LogP contribution in [-0.4, -0.2) is 64.3 Å². The highest BCUT2D eigenvalue weighted by Gasteiger charge is 2.65. The maximum absolute atomic E-state index is 12.4. The van der Waals surface area contributed by atoms with Gasteiger partial charge in [0.25, 0.3) is 0 Å². The van der Waals surface area contributed by atoms with Gasteiger partial charge >= 0.3 is 0 Å². The third-order valence-electron chi connectivity index (χ3n) is 11.2. The number of aliphatic hydroxyl groups excluding tert-OH is 3. The van der Waals surface area contributed by atoms with E-state index >= 15 is 0 Å². The minimum Gasteiger partial charge on any atom is -0.748 e. The van der Waals surface area contributed by atoms with Crippen LogP contribution in [0.4, 0.5) is 0 Å². The van der Waals surface area contributed by atoms with E-state index in [1.807, 2.05) is 0 Å². The van der Waals surface area contributed by atoms with Crippen LogP contribution in [0.3, 0.4) is 0 Å². The summed E-state index contributed by atoms with van der Waals surface area (Å²) in [6, 6.07) is -0.723. The highest BCUT2D eigenvalue weighted by atomic mass is 32.2. The van der Waals surface area contributed by atoms with Crippen LogP contribution in [0.5, 0.6) is 0 Å². The van der Waals surface area contributed by atoms with Crippen molar-refractivity contribution in [2.75, 3.05) is 5.75 Å². The van der Waals surface area contributed by atoms with Gasteiger partial charge in [0, 0.05) is 12.5 Å². The predicted molar refractivity (Wildman–Crippen MR) is 135 cm³/mol. The lowest BCUT2D eigenvalue weighted by Crippen LogP contribution is -2.62. The van der Waals surface area contributed by atoms with Crippen LogP contribution in [0.25, 0.3) is 0 Å². The van der Waals surface area contributed by atoms with Gasteiger partial charge in [-0.2, -0.15) is 0 Å². The van der Waals surface area contributed by atoms with Crippen molar-refractivity contribution in [1.29, 1.82) is 0 Å². The normalized spacial score (nSPS) is 46.2. The van der Waals surface area contributed by atoms with E-state index in [2.05, 4.69) is 26.1 Å². The van der Waals surface area contributed by atoms with Crippen molar-refractivity contribution < 1.29 is 33.1 Å². The molecule has 9 heteroatoms. The Morgan fingerprint density at radius 3 is 2.42 bits per heavy atom. The molecule has 0 aromatic carbocycles. The summed E-state index contributed by atoms with van der Waals surface area (Å²) in [5, 5.41) is 35.9. The number of hydrogen-bond donors (Lipinski definition) is 4. The summed E-state index contributed by atoms with van der Waals surface area (Å²) in [6.45, 7) is 8.17. The van der Waals surface area contributed by atoms with Crippen molar-refractivity contribution in [3.05, 3.63) is 0 Å². The zero-order valence-corrected chi connectivity index (χ0v) is 23.0. The Kier molecular flexibility index (Phi) is 7.93. The van der Waals surface area contributed by atoms with E-state index in [0.29, 0.717) is 18.8 Å². The Labute approximate surface area is 216 Å². The molecule has 1 amide bonds. The molecule has 208 valence electrons. The standard InChI is InChI=1S/C27H47NO7S/c1-15(5-8-24(32)28-16(2)14-36(33,34)35)19-6-7-20-25-21(13-23(31)27(19,20)4)26(3)10-9-18(29)11-17(26)12-22(25)30/h15-23,25,29-31H,5-14H2,1-4H3,(H,28,32)(H,33,34,35)/p-1/t15-,16+,17+,18-,19-,20+,21+,22-,23+,25+,26+,27-/m1/s1. The smallest absolute Gasteiger partial charge is 0.220 e. The molecule has 4 aliphatic rings. The molecule has 36 heavy (non-hydrogen) atoms. The second-order valence-electron chi connectivity index (χ2n) is 13.2. The maximum atomic E-state index is 12.4. The first-order chi connectivity index (χ1) is 16.7. The number of hydrogen-bond acceptors (Lipinski definition) is 7. The van der Waals surface area contributed by atoms with Gasteiger partial charge in [-0.1, -0.05) is 20.8 Å². The lowest BCUT2D eigenvalue weighted by Gasteiger charge is -2.63. The van der Waals surface area contributed by atoms with E-state index in [9.17, 15) is 33.1 Å². The summed E-state index contributed by atoms with van der Waals surface area (Å²) in [4.78, 5) is 12.4. The average molecular weight is 529 g/mol. The molecule has 4 fully saturated rings. The Bertz CT molecular complexity index is 927. The molecule has 0 aromatic rings. The van der Waals surface area contributed by atoms with E-state index in [1.165, 1.54) is 6.92 Å². The molecule has 4 saturated carbocycles. The van der Waals surface area contributed by atoms with Crippen LogP contribution in [0.2, 0.25) is 0 Å². The van der Waals surface area contributed by atoms with Crippen molar-refractivity contribution >= 4 is 16.0 Å². The first-order valence-corrected chi connectivity index (χ1v) is 15.5. The third kappa shape index (κ3) is 5.12. The monoisotopic (exact) mass is 528 g/mol. The van der Waals surface area contributed by atoms with Crippen molar-refractivity contribution in [1.82, 2.24) is 5.32 Å². The first-order valence-electron chi connectivity index (χ1n) is 13.9. The number of amides is 1. The molecule has 0 radical (unpaired) electrons.